The van der Waals surface area contributed by atoms with Crippen LogP contribution in [0.5, 0.6) is 0 Å². The number of rotatable bonds is 3. The molecule has 2 N–H and O–H groups in total. The van der Waals surface area contributed by atoms with E-state index in [1.165, 1.54) is 6.20 Å². The van der Waals surface area contributed by atoms with Gasteiger partial charge in [-0.1, -0.05) is 44.2 Å². The number of H-pyrrole nitrogens is 1. The summed E-state index contributed by atoms with van der Waals surface area (Å²) in [5.74, 6) is -0.960. The maximum atomic E-state index is 11.1. The van der Waals surface area contributed by atoms with E-state index >= 15 is 0 Å². The summed E-state index contributed by atoms with van der Waals surface area (Å²) in [5.41, 5.74) is 1.48. The Hall–Kier alpha value is -2.10. The molecule has 4 nitrogen and oxygen atoms in total. The number of hydrogen-bond donors (Lipinski definition) is 2. The number of aromatic amines is 1. The van der Waals surface area contributed by atoms with E-state index in [4.69, 9.17) is 5.11 Å². The highest BCUT2D eigenvalue weighted by atomic mass is 16.4. The van der Waals surface area contributed by atoms with E-state index in [1.807, 2.05) is 44.2 Å². The van der Waals surface area contributed by atoms with Crippen LogP contribution in [0.25, 0.3) is 0 Å². The Morgan fingerprint density at radius 2 is 1.94 bits per heavy atom. The summed E-state index contributed by atoms with van der Waals surface area (Å²) in [6.07, 6.45) is 1.35. The zero-order chi connectivity index (χ0) is 12.5. The Morgan fingerprint density at radius 3 is 2.53 bits per heavy atom. The molecule has 0 saturated heterocycles. The van der Waals surface area contributed by atoms with Crippen molar-refractivity contribution in [1.29, 1.82) is 0 Å². The molecule has 0 fully saturated rings. The minimum atomic E-state index is -0.960. The van der Waals surface area contributed by atoms with Crippen molar-refractivity contribution in [2.75, 3.05) is 0 Å². The molecule has 0 bridgehead atoms. The zero-order valence-corrected chi connectivity index (χ0v) is 9.77. The molecular weight excluding hydrogens is 216 g/mol. The van der Waals surface area contributed by atoms with Gasteiger partial charge in [0.25, 0.3) is 0 Å². The van der Waals surface area contributed by atoms with Crippen LogP contribution in [-0.4, -0.2) is 21.3 Å². The topological polar surface area (TPSA) is 66.0 Å². The third kappa shape index (κ3) is 1.93. The maximum Gasteiger partial charge on any atom is 0.339 e. The van der Waals surface area contributed by atoms with E-state index in [2.05, 4.69) is 10.2 Å². The van der Waals surface area contributed by atoms with Crippen molar-refractivity contribution < 1.29 is 9.90 Å². The highest BCUT2D eigenvalue weighted by molar-refractivity contribution is 5.89. The molecule has 0 aliphatic heterocycles. The van der Waals surface area contributed by atoms with Crippen molar-refractivity contribution >= 4 is 5.97 Å². The van der Waals surface area contributed by atoms with Crippen LogP contribution in [0.4, 0.5) is 0 Å². The molecular formula is C13H14N2O2. The standard InChI is InChI=1S/C13H14N2O2/c1-13(2,9-6-4-3-5-7-9)11-10(12(16)17)8-14-15-11/h3-8H,1-2H3,(H,14,15)(H,16,17). The molecule has 0 saturated carbocycles. The minimum Gasteiger partial charge on any atom is -0.478 e. The van der Waals surface area contributed by atoms with Crippen molar-refractivity contribution in [3.05, 3.63) is 53.3 Å². The first-order chi connectivity index (χ1) is 8.03. The molecule has 4 heteroatoms. The van der Waals surface area contributed by atoms with Gasteiger partial charge in [0.05, 0.1) is 11.9 Å². The van der Waals surface area contributed by atoms with Gasteiger partial charge in [-0.25, -0.2) is 4.79 Å². The van der Waals surface area contributed by atoms with Crippen LogP contribution in [0.1, 0.15) is 35.5 Å². The molecule has 0 aliphatic rings. The Labute approximate surface area is 99.3 Å². The van der Waals surface area contributed by atoms with E-state index in [9.17, 15) is 4.79 Å². The van der Waals surface area contributed by atoms with Gasteiger partial charge in [-0.2, -0.15) is 5.10 Å². The predicted molar refractivity (Wildman–Crippen MR) is 64.1 cm³/mol. The van der Waals surface area contributed by atoms with Crippen LogP contribution < -0.4 is 0 Å². The summed E-state index contributed by atoms with van der Waals surface area (Å²) in [4.78, 5) is 11.1. The number of nitrogens with zero attached hydrogens (tertiary/aromatic N) is 1. The fraction of sp³-hybridized carbons (Fsp3) is 0.231. The molecule has 2 rings (SSSR count). The summed E-state index contributed by atoms with van der Waals surface area (Å²) in [5, 5.41) is 15.7. The summed E-state index contributed by atoms with van der Waals surface area (Å²) in [7, 11) is 0. The van der Waals surface area contributed by atoms with Gasteiger partial charge in [-0.3, -0.25) is 5.10 Å². The van der Waals surface area contributed by atoms with Gasteiger partial charge < -0.3 is 5.11 Å². The van der Waals surface area contributed by atoms with Crippen molar-refractivity contribution in [2.24, 2.45) is 0 Å². The fourth-order valence-corrected chi connectivity index (χ4v) is 1.92. The van der Waals surface area contributed by atoms with Gasteiger partial charge in [0, 0.05) is 5.41 Å². The van der Waals surface area contributed by atoms with Crippen LogP contribution in [0, 0.1) is 0 Å². The Morgan fingerprint density at radius 1 is 1.29 bits per heavy atom. The second-order valence-electron chi connectivity index (χ2n) is 4.45. The largest absolute Gasteiger partial charge is 0.478 e. The number of carboxylic acids is 1. The molecule has 1 heterocycles. The van der Waals surface area contributed by atoms with Crippen LogP contribution in [-0.2, 0) is 5.41 Å². The van der Waals surface area contributed by atoms with Crippen molar-refractivity contribution in [2.45, 2.75) is 19.3 Å². The number of nitrogens with one attached hydrogen (secondary N) is 1. The average molecular weight is 230 g/mol. The van der Waals surface area contributed by atoms with Gasteiger partial charge in [0.2, 0.25) is 0 Å². The van der Waals surface area contributed by atoms with Crippen LogP contribution in [0.2, 0.25) is 0 Å². The molecule has 17 heavy (non-hydrogen) atoms. The molecule has 0 spiro atoms. The lowest BCUT2D eigenvalue weighted by molar-refractivity contribution is 0.0694. The number of aromatic carboxylic acids is 1. The lowest BCUT2D eigenvalue weighted by atomic mass is 9.80. The quantitative estimate of drug-likeness (QED) is 0.851. The zero-order valence-electron chi connectivity index (χ0n) is 9.77. The third-order valence-electron chi connectivity index (χ3n) is 2.99. The smallest absolute Gasteiger partial charge is 0.339 e. The van der Waals surface area contributed by atoms with E-state index < -0.39 is 11.4 Å². The number of carboxylic acid groups (broad SMARTS) is 1. The summed E-state index contributed by atoms with van der Waals surface area (Å²) in [6.45, 7) is 3.95. The van der Waals surface area contributed by atoms with Crippen LogP contribution in [0.3, 0.4) is 0 Å². The minimum absolute atomic E-state index is 0.221. The second kappa shape index (κ2) is 4.05. The molecule has 0 unspecified atom stereocenters. The molecule has 2 aromatic rings. The molecule has 88 valence electrons. The first kappa shape index (κ1) is 11.4. The normalized spacial score (nSPS) is 11.4. The summed E-state index contributed by atoms with van der Waals surface area (Å²) in [6, 6.07) is 9.77. The number of benzene rings is 1. The average Bonchev–Trinajstić information content (AvgIpc) is 2.80. The first-order valence-corrected chi connectivity index (χ1v) is 5.36. The van der Waals surface area contributed by atoms with Gasteiger partial charge in [0.1, 0.15) is 5.56 Å². The third-order valence-corrected chi connectivity index (χ3v) is 2.99. The Kier molecular flexibility index (Phi) is 2.71. The highest BCUT2D eigenvalue weighted by Gasteiger charge is 2.29. The molecule has 0 amide bonds. The van der Waals surface area contributed by atoms with E-state index in [0.717, 1.165) is 5.56 Å². The van der Waals surface area contributed by atoms with Gasteiger partial charge in [-0.15, -0.1) is 0 Å². The second-order valence-corrected chi connectivity index (χ2v) is 4.45. The van der Waals surface area contributed by atoms with Gasteiger partial charge >= 0.3 is 5.97 Å². The van der Waals surface area contributed by atoms with Crippen molar-refractivity contribution in [3.8, 4) is 0 Å². The fourth-order valence-electron chi connectivity index (χ4n) is 1.92. The molecule has 0 radical (unpaired) electrons. The number of hydrogen-bond acceptors (Lipinski definition) is 2. The highest BCUT2D eigenvalue weighted by Crippen LogP contribution is 2.31. The van der Waals surface area contributed by atoms with Gasteiger partial charge in [0.15, 0.2) is 0 Å². The number of aromatic nitrogens is 2. The first-order valence-electron chi connectivity index (χ1n) is 5.36. The molecule has 1 aromatic carbocycles. The summed E-state index contributed by atoms with van der Waals surface area (Å²) >= 11 is 0. The van der Waals surface area contributed by atoms with Crippen LogP contribution in [0.15, 0.2) is 36.5 Å². The summed E-state index contributed by atoms with van der Waals surface area (Å²) < 4.78 is 0. The molecule has 0 aliphatic carbocycles. The molecule has 0 atom stereocenters. The van der Waals surface area contributed by atoms with Crippen LogP contribution >= 0.6 is 0 Å². The Bertz CT molecular complexity index is 529. The predicted octanol–water partition coefficient (Wildman–Crippen LogP) is 2.43. The monoisotopic (exact) mass is 230 g/mol. The lowest BCUT2D eigenvalue weighted by Crippen LogP contribution is -2.22. The van der Waals surface area contributed by atoms with Crippen molar-refractivity contribution in [3.63, 3.8) is 0 Å². The Balaban J connectivity index is 2.52. The number of carbonyl (C=O) groups is 1. The maximum absolute atomic E-state index is 11.1. The molecule has 1 aromatic heterocycles. The van der Waals surface area contributed by atoms with E-state index in [1.54, 1.807) is 0 Å². The van der Waals surface area contributed by atoms with Crippen molar-refractivity contribution in [1.82, 2.24) is 10.2 Å². The van der Waals surface area contributed by atoms with E-state index in [-0.39, 0.29) is 5.56 Å². The lowest BCUT2D eigenvalue weighted by Gasteiger charge is -2.24. The van der Waals surface area contributed by atoms with E-state index in [0.29, 0.717) is 5.69 Å². The SMILES string of the molecule is CC(C)(c1ccccc1)c1[nH]ncc1C(=O)O. The van der Waals surface area contributed by atoms with Gasteiger partial charge in [-0.05, 0) is 5.56 Å².